The quantitative estimate of drug-likeness (QED) is 0.419. The molecule has 0 aromatic heterocycles. The van der Waals surface area contributed by atoms with Crippen LogP contribution in [0.25, 0.3) is 0 Å². The first-order chi connectivity index (χ1) is 15.9. The van der Waals surface area contributed by atoms with E-state index in [-0.39, 0.29) is 24.4 Å². The summed E-state index contributed by atoms with van der Waals surface area (Å²) >= 11 is 3.21. The van der Waals surface area contributed by atoms with Gasteiger partial charge < -0.3 is 15.2 Å². The fraction of sp³-hybridized carbons (Fsp3) is 0.0833. The van der Waals surface area contributed by atoms with Gasteiger partial charge in [-0.15, -0.1) is 0 Å². The molecule has 8 nitrogen and oxygen atoms in total. The highest BCUT2D eigenvalue weighted by Gasteiger charge is 2.16. The molecular weight excluding hydrogens is 492 g/mol. The number of hydrogen-bond acceptors (Lipinski definition) is 5. The maximum atomic E-state index is 12.5. The molecule has 3 aromatic carbocycles. The number of carbonyl (C=O) groups is 4. The fourth-order valence-corrected chi connectivity index (χ4v) is 3.27. The van der Waals surface area contributed by atoms with Crippen molar-refractivity contribution in [2.75, 3.05) is 18.5 Å². The summed E-state index contributed by atoms with van der Waals surface area (Å²) in [6.45, 7) is 0.130. The van der Waals surface area contributed by atoms with Crippen molar-refractivity contribution >= 4 is 45.8 Å². The van der Waals surface area contributed by atoms with E-state index in [0.717, 1.165) is 4.90 Å². The summed E-state index contributed by atoms with van der Waals surface area (Å²) in [5, 5.41) is 11.9. The number of amides is 3. The van der Waals surface area contributed by atoms with Crippen molar-refractivity contribution in [3.8, 4) is 5.75 Å². The van der Waals surface area contributed by atoms with Gasteiger partial charge in [-0.25, -0.2) is 4.79 Å². The van der Waals surface area contributed by atoms with Crippen molar-refractivity contribution in [3.05, 3.63) is 94.0 Å². The van der Waals surface area contributed by atoms with E-state index < -0.39 is 17.8 Å². The van der Waals surface area contributed by atoms with Gasteiger partial charge in [-0.1, -0.05) is 34.1 Å². The van der Waals surface area contributed by atoms with Gasteiger partial charge in [0.1, 0.15) is 12.4 Å². The molecule has 3 rings (SSSR count). The normalized spacial score (nSPS) is 10.2. The van der Waals surface area contributed by atoms with Gasteiger partial charge >= 0.3 is 5.97 Å². The largest absolute Gasteiger partial charge is 0.492 e. The number of anilines is 1. The zero-order valence-electron chi connectivity index (χ0n) is 17.2. The van der Waals surface area contributed by atoms with Crippen LogP contribution < -0.4 is 10.1 Å². The second-order valence-electron chi connectivity index (χ2n) is 6.79. The van der Waals surface area contributed by atoms with E-state index in [0.29, 0.717) is 27.8 Å². The Bertz CT molecular complexity index is 1170. The lowest BCUT2D eigenvalue weighted by atomic mass is 10.1. The minimum absolute atomic E-state index is 0.0394. The van der Waals surface area contributed by atoms with E-state index in [4.69, 9.17) is 4.74 Å². The number of carboxylic acid groups (broad SMARTS) is 1. The molecule has 2 N–H and O–H groups in total. The average molecular weight is 511 g/mol. The molecular formula is C24H19BrN2O6. The van der Waals surface area contributed by atoms with E-state index >= 15 is 0 Å². The molecule has 9 heteroatoms. The molecule has 0 spiro atoms. The summed E-state index contributed by atoms with van der Waals surface area (Å²) in [6, 6.07) is 19.2. The number of rotatable bonds is 9. The number of imide groups is 1. The number of carbonyl (C=O) groups excluding carboxylic acids is 3. The van der Waals surface area contributed by atoms with E-state index in [9.17, 15) is 24.3 Å². The Morgan fingerprint density at radius 3 is 2.30 bits per heavy atom. The van der Waals surface area contributed by atoms with Crippen molar-refractivity contribution in [3.63, 3.8) is 0 Å². The first kappa shape index (κ1) is 23.7. The zero-order valence-corrected chi connectivity index (χ0v) is 18.8. The van der Waals surface area contributed by atoms with E-state index in [1.807, 2.05) is 0 Å². The number of benzene rings is 3. The van der Waals surface area contributed by atoms with Crippen LogP contribution in [-0.2, 0) is 4.79 Å². The van der Waals surface area contributed by atoms with Gasteiger partial charge in [-0.05, 0) is 54.6 Å². The van der Waals surface area contributed by atoms with Gasteiger partial charge in [0.15, 0.2) is 0 Å². The first-order valence-corrected chi connectivity index (χ1v) is 10.6. The number of carboxylic acids is 1. The fourth-order valence-electron chi connectivity index (χ4n) is 2.91. The summed E-state index contributed by atoms with van der Waals surface area (Å²) in [6.07, 6.45) is 0.458. The number of ether oxygens (including phenoxy) is 1. The molecule has 0 aliphatic heterocycles. The molecule has 0 aliphatic carbocycles. The predicted molar refractivity (Wildman–Crippen MR) is 125 cm³/mol. The number of nitrogens with zero attached hydrogens (tertiary/aromatic N) is 1. The SMILES string of the molecule is O=CN(CCOc1ccc(C(=O)Nc2ccc(Br)cc2C(=O)O)cc1)C(=O)c1ccccc1. The Kier molecular flexibility index (Phi) is 7.93. The van der Waals surface area contributed by atoms with Crippen LogP contribution in [0.5, 0.6) is 5.75 Å². The molecule has 0 atom stereocenters. The summed E-state index contributed by atoms with van der Waals surface area (Å²) in [4.78, 5) is 48.5. The molecule has 0 unspecified atom stereocenters. The molecule has 0 fully saturated rings. The van der Waals surface area contributed by atoms with Gasteiger partial charge in [-0.3, -0.25) is 19.3 Å². The van der Waals surface area contributed by atoms with Gasteiger partial charge in [-0.2, -0.15) is 0 Å². The van der Waals surface area contributed by atoms with E-state index in [1.165, 1.54) is 24.3 Å². The lowest BCUT2D eigenvalue weighted by molar-refractivity contribution is -0.116. The lowest BCUT2D eigenvalue weighted by Crippen LogP contribution is -2.33. The standard InChI is InChI=1S/C24H19BrN2O6/c25-18-8-11-21(20(14-18)24(31)32)26-22(29)16-6-9-19(10-7-16)33-13-12-27(15-28)23(30)17-4-2-1-3-5-17/h1-11,14-15H,12-13H2,(H,26,29)(H,31,32). The third-order valence-corrected chi connectivity index (χ3v) is 5.08. The smallest absolute Gasteiger partial charge is 0.337 e. The van der Waals surface area contributed by atoms with Crippen LogP contribution in [0.1, 0.15) is 31.1 Å². The Morgan fingerprint density at radius 2 is 1.67 bits per heavy atom. The molecule has 168 valence electrons. The summed E-state index contributed by atoms with van der Waals surface area (Å²) < 4.78 is 6.16. The monoisotopic (exact) mass is 510 g/mol. The summed E-state index contributed by atoms with van der Waals surface area (Å²) in [7, 11) is 0. The molecule has 0 radical (unpaired) electrons. The van der Waals surface area contributed by atoms with Crippen LogP contribution in [-0.4, -0.2) is 47.4 Å². The van der Waals surface area contributed by atoms with Crippen molar-refractivity contribution in [1.82, 2.24) is 4.90 Å². The van der Waals surface area contributed by atoms with Crippen molar-refractivity contribution < 1.29 is 29.0 Å². The highest BCUT2D eigenvalue weighted by atomic mass is 79.9. The summed E-state index contributed by atoms with van der Waals surface area (Å²) in [5.41, 5.74) is 0.836. The molecule has 33 heavy (non-hydrogen) atoms. The third kappa shape index (κ3) is 6.27. The van der Waals surface area contributed by atoms with Crippen LogP contribution in [0.15, 0.2) is 77.3 Å². The highest BCUT2D eigenvalue weighted by Crippen LogP contribution is 2.22. The van der Waals surface area contributed by atoms with Crippen molar-refractivity contribution in [2.45, 2.75) is 0 Å². The van der Waals surface area contributed by atoms with E-state index in [2.05, 4.69) is 21.2 Å². The lowest BCUT2D eigenvalue weighted by Gasteiger charge is -2.16. The van der Waals surface area contributed by atoms with Crippen molar-refractivity contribution in [2.24, 2.45) is 0 Å². The third-order valence-electron chi connectivity index (χ3n) is 4.59. The molecule has 0 aliphatic rings. The van der Waals surface area contributed by atoms with E-state index in [1.54, 1.807) is 48.5 Å². The Balaban J connectivity index is 1.57. The molecule has 0 saturated heterocycles. The molecule has 0 saturated carbocycles. The first-order valence-electron chi connectivity index (χ1n) is 9.77. The van der Waals surface area contributed by atoms with Crippen LogP contribution in [0, 0.1) is 0 Å². The molecule has 0 bridgehead atoms. The highest BCUT2D eigenvalue weighted by molar-refractivity contribution is 9.10. The topological polar surface area (TPSA) is 113 Å². The average Bonchev–Trinajstić information content (AvgIpc) is 2.83. The Labute approximate surface area is 197 Å². The number of hydrogen-bond donors (Lipinski definition) is 2. The second-order valence-corrected chi connectivity index (χ2v) is 7.71. The van der Waals surface area contributed by atoms with Crippen LogP contribution in [0.4, 0.5) is 5.69 Å². The number of aromatic carboxylic acids is 1. The zero-order chi connectivity index (χ0) is 23.8. The molecule has 3 aromatic rings. The minimum atomic E-state index is -1.16. The van der Waals surface area contributed by atoms with Gasteiger partial charge in [0.2, 0.25) is 6.41 Å². The molecule has 0 heterocycles. The van der Waals surface area contributed by atoms with Crippen LogP contribution in [0.3, 0.4) is 0 Å². The Morgan fingerprint density at radius 1 is 0.970 bits per heavy atom. The minimum Gasteiger partial charge on any atom is -0.492 e. The van der Waals surface area contributed by atoms with Gasteiger partial charge in [0.25, 0.3) is 11.8 Å². The number of halogens is 1. The van der Waals surface area contributed by atoms with Crippen LogP contribution in [0.2, 0.25) is 0 Å². The summed E-state index contributed by atoms with van der Waals surface area (Å²) in [5.74, 6) is -1.62. The maximum absolute atomic E-state index is 12.5. The van der Waals surface area contributed by atoms with Gasteiger partial charge in [0, 0.05) is 15.6 Å². The Hall–Kier alpha value is -3.98. The second kappa shape index (κ2) is 11.1. The van der Waals surface area contributed by atoms with Crippen molar-refractivity contribution in [1.29, 1.82) is 0 Å². The molecule has 3 amide bonds. The van der Waals surface area contributed by atoms with Gasteiger partial charge in [0.05, 0.1) is 17.8 Å². The predicted octanol–water partition coefficient (Wildman–Crippen LogP) is 4.08. The number of nitrogens with one attached hydrogen (secondary N) is 1. The van der Waals surface area contributed by atoms with Crippen LogP contribution >= 0.6 is 15.9 Å². The maximum Gasteiger partial charge on any atom is 0.337 e.